The SMILES string of the molecule is C#CC(C)(O)CC/C=C(\C)CC/C=C(\C)CCCC(C)C. The predicted octanol–water partition coefficient (Wildman–Crippen LogP) is 5.65. The van der Waals surface area contributed by atoms with Gasteiger partial charge in [-0.2, -0.15) is 0 Å². The third-order valence-electron chi connectivity index (χ3n) is 3.82. The van der Waals surface area contributed by atoms with E-state index < -0.39 is 5.60 Å². The Balaban J connectivity index is 3.91. The molecule has 0 aromatic heterocycles. The minimum absolute atomic E-state index is 0.630. The maximum Gasteiger partial charge on any atom is 0.122 e. The zero-order chi connectivity index (χ0) is 16.3. The van der Waals surface area contributed by atoms with Gasteiger partial charge in [0, 0.05) is 0 Å². The lowest BCUT2D eigenvalue weighted by Gasteiger charge is -2.14. The van der Waals surface area contributed by atoms with Crippen molar-refractivity contribution in [3.63, 3.8) is 0 Å². The monoisotopic (exact) mass is 290 g/mol. The summed E-state index contributed by atoms with van der Waals surface area (Å²) in [5, 5.41) is 9.73. The van der Waals surface area contributed by atoms with E-state index in [1.165, 1.54) is 30.4 Å². The molecule has 0 radical (unpaired) electrons. The Morgan fingerprint density at radius 3 is 2.29 bits per heavy atom. The van der Waals surface area contributed by atoms with E-state index in [4.69, 9.17) is 6.42 Å². The molecule has 0 fully saturated rings. The zero-order valence-electron chi connectivity index (χ0n) is 14.7. The highest BCUT2D eigenvalue weighted by atomic mass is 16.3. The van der Waals surface area contributed by atoms with Crippen molar-refractivity contribution in [2.75, 3.05) is 0 Å². The van der Waals surface area contributed by atoms with Crippen molar-refractivity contribution in [3.8, 4) is 12.3 Å². The standard InChI is InChI=1S/C20H34O/c1-7-20(6,21)16-10-15-19(5)14-9-13-18(4)12-8-11-17(2)3/h1,13,15,17,21H,8-12,14,16H2,2-6H3/b18-13+,19-15+. The Bertz CT molecular complexity index is 377. The fraction of sp³-hybridized carbons (Fsp3) is 0.700. The number of rotatable bonds is 10. The van der Waals surface area contributed by atoms with Crippen molar-refractivity contribution in [2.45, 2.75) is 85.2 Å². The Kier molecular flexibility index (Phi) is 10.2. The van der Waals surface area contributed by atoms with Crippen molar-refractivity contribution < 1.29 is 5.11 Å². The third-order valence-corrected chi connectivity index (χ3v) is 3.82. The Labute approximate surface area is 132 Å². The maximum absolute atomic E-state index is 9.73. The van der Waals surface area contributed by atoms with E-state index in [1.54, 1.807) is 6.92 Å². The highest BCUT2D eigenvalue weighted by Crippen LogP contribution is 2.16. The maximum atomic E-state index is 9.73. The summed E-state index contributed by atoms with van der Waals surface area (Å²) in [4.78, 5) is 0. The van der Waals surface area contributed by atoms with Crippen molar-refractivity contribution >= 4 is 0 Å². The van der Waals surface area contributed by atoms with E-state index in [-0.39, 0.29) is 0 Å². The minimum Gasteiger partial charge on any atom is -0.378 e. The molecule has 0 saturated carbocycles. The van der Waals surface area contributed by atoms with E-state index in [9.17, 15) is 5.11 Å². The average molecular weight is 290 g/mol. The Morgan fingerprint density at radius 2 is 1.71 bits per heavy atom. The molecule has 0 aromatic carbocycles. The molecule has 120 valence electrons. The molecule has 1 nitrogen and oxygen atoms in total. The van der Waals surface area contributed by atoms with Crippen LogP contribution >= 0.6 is 0 Å². The van der Waals surface area contributed by atoms with Crippen LogP contribution in [0.4, 0.5) is 0 Å². The molecule has 1 unspecified atom stereocenters. The summed E-state index contributed by atoms with van der Waals surface area (Å²) in [6.07, 6.45) is 17.4. The third kappa shape index (κ3) is 12.5. The lowest BCUT2D eigenvalue weighted by Crippen LogP contribution is -2.20. The van der Waals surface area contributed by atoms with Crippen LogP contribution in [0.3, 0.4) is 0 Å². The minimum atomic E-state index is -0.969. The molecule has 0 amide bonds. The van der Waals surface area contributed by atoms with Gasteiger partial charge in [-0.05, 0) is 65.2 Å². The Hall–Kier alpha value is -1.00. The first-order valence-corrected chi connectivity index (χ1v) is 8.28. The van der Waals surface area contributed by atoms with Gasteiger partial charge >= 0.3 is 0 Å². The van der Waals surface area contributed by atoms with E-state index in [1.807, 2.05) is 0 Å². The van der Waals surface area contributed by atoms with Gasteiger partial charge in [-0.15, -0.1) is 6.42 Å². The van der Waals surface area contributed by atoms with Crippen molar-refractivity contribution in [3.05, 3.63) is 23.3 Å². The molecule has 1 N–H and O–H groups in total. The van der Waals surface area contributed by atoms with Crippen LogP contribution in [0.5, 0.6) is 0 Å². The summed E-state index contributed by atoms with van der Waals surface area (Å²) < 4.78 is 0. The summed E-state index contributed by atoms with van der Waals surface area (Å²) >= 11 is 0. The first-order chi connectivity index (χ1) is 9.76. The van der Waals surface area contributed by atoms with Gasteiger partial charge in [0.05, 0.1) is 0 Å². The fourth-order valence-corrected chi connectivity index (χ4v) is 2.21. The second-order valence-corrected chi connectivity index (χ2v) is 6.88. The molecule has 0 aliphatic carbocycles. The second kappa shape index (κ2) is 10.7. The molecular weight excluding hydrogens is 256 g/mol. The van der Waals surface area contributed by atoms with Crippen LogP contribution in [-0.2, 0) is 0 Å². The second-order valence-electron chi connectivity index (χ2n) is 6.88. The van der Waals surface area contributed by atoms with Crippen LogP contribution in [-0.4, -0.2) is 10.7 Å². The van der Waals surface area contributed by atoms with Gasteiger partial charge in [0.25, 0.3) is 0 Å². The van der Waals surface area contributed by atoms with E-state index >= 15 is 0 Å². The molecule has 0 aliphatic rings. The molecule has 0 rings (SSSR count). The van der Waals surface area contributed by atoms with Crippen LogP contribution in [0.15, 0.2) is 23.3 Å². The fourth-order valence-electron chi connectivity index (χ4n) is 2.21. The van der Waals surface area contributed by atoms with Crippen molar-refractivity contribution in [2.24, 2.45) is 5.92 Å². The molecule has 0 saturated heterocycles. The summed E-state index contributed by atoms with van der Waals surface area (Å²) in [6.45, 7) is 10.7. The molecule has 1 heteroatoms. The highest BCUT2D eigenvalue weighted by Gasteiger charge is 2.14. The van der Waals surface area contributed by atoms with E-state index in [0.717, 1.165) is 25.2 Å². The van der Waals surface area contributed by atoms with E-state index in [2.05, 4.69) is 45.8 Å². The molecule has 0 aromatic rings. The molecule has 1 atom stereocenters. The van der Waals surface area contributed by atoms with Gasteiger partial charge in [-0.1, -0.05) is 49.5 Å². The molecule has 0 spiro atoms. The smallest absolute Gasteiger partial charge is 0.122 e. The predicted molar refractivity (Wildman–Crippen MR) is 94.1 cm³/mol. The van der Waals surface area contributed by atoms with Crippen molar-refractivity contribution in [1.82, 2.24) is 0 Å². The van der Waals surface area contributed by atoms with Crippen LogP contribution in [0.2, 0.25) is 0 Å². The van der Waals surface area contributed by atoms with Gasteiger partial charge in [-0.25, -0.2) is 0 Å². The average Bonchev–Trinajstić information content (AvgIpc) is 2.38. The van der Waals surface area contributed by atoms with Crippen LogP contribution < -0.4 is 0 Å². The quantitative estimate of drug-likeness (QED) is 0.407. The number of aliphatic hydroxyl groups is 1. The summed E-state index contributed by atoms with van der Waals surface area (Å²) in [5.74, 6) is 3.23. The van der Waals surface area contributed by atoms with E-state index in [0.29, 0.717) is 6.42 Å². The lowest BCUT2D eigenvalue weighted by molar-refractivity contribution is 0.113. The Morgan fingerprint density at radius 1 is 1.14 bits per heavy atom. The summed E-state index contributed by atoms with van der Waals surface area (Å²) in [5.41, 5.74) is 1.93. The molecule has 0 heterocycles. The zero-order valence-corrected chi connectivity index (χ0v) is 14.7. The van der Waals surface area contributed by atoms with Crippen molar-refractivity contribution in [1.29, 1.82) is 0 Å². The van der Waals surface area contributed by atoms with Crippen LogP contribution in [0, 0.1) is 18.3 Å². The number of allylic oxidation sites excluding steroid dienone is 4. The topological polar surface area (TPSA) is 20.2 Å². The van der Waals surface area contributed by atoms with Gasteiger partial charge < -0.3 is 5.11 Å². The molecule has 0 aliphatic heterocycles. The van der Waals surface area contributed by atoms with Gasteiger partial charge in [0.1, 0.15) is 5.60 Å². The first-order valence-electron chi connectivity index (χ1n) is 8.28. The number of hydrogen-bond donors (Lipinski definition) is 1. The van der Waals surface area contributed by atoms with Gasteiger partial charge in [-0.3, -0.25) is 0 Å². The molecular formula is C20H34O. The van der Waals surface area contributed by atoms with Gasteiger partial charge in [0.15, 0.2) is 0 Å². The summed E-state index contributed by atoms with van der Waals surface area (Å²) in [6, 6.07) is 0. The molecule has 21 heavy (non-hydrogen) atoms. The lowest BCUT2D eigenvalue weighted by atomic mass is 9.99. The van der Waals surface area contributed by atoms with Gasteiger partial charge in [0.2, 0.25) is 0 Å². The largest absolute Gasteiger partial charge is 0.378 e. The first kappa shape index (κ1) is 20.0. The normalized spacial score (nSPS) is 15.9. The van der Waals surface area contributed by atoms with Crippen LogP contribution in [0.25, 0.3) is 0 Å². The highest BCUT2D eigenvalue weighted by molar-refractivity contribution is 5.07. The molecule has 0 bridgehead atoms. The van der Waals surface area contributed by atoms with Crippen LogP contribution in [0.1, 0.15) is 79.6 Å². The number of hydrogen-bond acceptors (Lipinski definition) is 1. The number of terminal acetylenes is 1. The summed E-state index contributed by atoms with van der Waals surface area (Å²) in [7, 11) is 0.